The molecule has 1 aromatic heterocycles. The van der Waals surface area contributed by atoms with Crippen LogP contribution in [-0.4, -0.2) is 19.2 Å². The summed E-state index contributed by atoms with van der Waals surface area (Å²) in [4.78, 5) is 17.1. The molecule has 0 spiro atoms. The number of aromatic nitrogens is 1. The van der Waals surface area contributed by atoms with Crippen LogP contribution in [0.15, 0.2) is 65.7 Å². The summed E-state index contributed by atoms with van der Waals surface area (Å²) in [5.74, 6) is -0.533. The Balaban J connectivity index is 1.99. The van der Waals surface area contributed by atoms with Crippen LogP contribution in [0.3, 0.4) is 0 Å². The average molecular weight is 454 g/mol. The van der Waals surface area contributed by atoms with Crippen molar-refractivity contribution in [2.24, 2.45) is 0 Å². The Kier molecular flexibility index (Phi) is 6.16. The summed E-state index contributed by atoms with van der Waals surface area (Å²) in [6, 6.07) is 15.9. The molecule has 1 heterocycles. The second kappa shape index (κ2) is 8.50. The largest absolute Gasteiger partial charge is 0.287 e. The van der Waals surface area contributed by atoms with Crippen molar-refractivity contribution in [3.05, 3.63) is 88.2 Å². The van der Waals surface area contributed by atoms with E-state index in [1.165, 1.54) is 36.5 Å². The third-order valence-electron chi connectivity index (χ3n) is 4.60. The van der Waals surface area contributed by atoms with Crippen LogP contribution in [0.1, 0.15) is 48.0 Å². The van der Waals surface area contributed by atoms with Crippen molar-refractivity contribution in [3.63, 3.8) is 0 Å². The van der Waals surface area contributed by atoms with Crippen molar-refractivity contribution in [2.75, 3.05) is 4.72 Å². The van der Waals surface area contributed by atoms with Gasteiger partial charge in [-0.15, -0.1) is 0 Å². The topological polar surface area (TPSA) is 99.9 Å². The first-order valence-electron chi connectivity index (χ1n) is 9.35. The molecule has 0 aliphatic carbocycles. The number of ketones is 1. The van der Waals surface area contributed by atoms with Crippen LogP contribution in [0.2, 0.25) is 5.02 Å². The molecule has 0 aliphatic rings. The van der Waals surface area contributed by atoms with Crippen LogP contribution in [0.5, 0.6) is 0 Å². The molecule has 3 rings (SSSR count). The number of nitrogens with one attached hydrogen (secondary N) is 1. The summed E-state index contributed by atoms with van der Waals surface area (Å²) in [5, 5.41) is 9.24. The first-order chi connectivity index (χ1) is 14.5. The lowest BCUT2D eigenvalue weighted by molar-refractivity contribution is 0.103. The molecular weight excluding hydrogens is 434 g/mol. The maximum atomic E-state index is 13.0. The minimum atomic E-state index is -4.00. The minimum Gasteiger partial charge on any atom is -0.287 e. The predicted molar refractivity (Wildman–Crippen MR) is 120 cm³/mol. The molecule has 158 valence electrons. The molecule has 0 saturated heterocycles. The van der Waals surface area contributed by atoms with Gasteiger partial charge in [-0.2, -0.15) is 5.26 Å². The highest BCUT2D eigenvalue weighted by molar-refractivity contribution is 7.92. The van der Waals surface area contributed by atoms with Gasteiger partial charge in [0, 0.05) is 11.8 Å². The third kappa shape index (κ3) is 5.10. The SMILES string of the molecule is CC(C)(C)c1ccc(S(=O)(=O)Nc2cc(Cl)cnc2C(=O)c2cccc(C#N)c2)cc1. The molecule has 0 fully saturated rings. The molecule has 0 atom stereocenters. The van der Waals surface area contributed by atoms with E-state index in [9.17, 15) is 13.2 Å². The molecule has 0 unspecified atom stereocenters. The van der Waals surface area contributed by atoms with Gasteiger partial charge in [0.15, 0.2) is 0 Å². The lowest BCUT2D eigenvalue weighted by Gasteiger charge is -2.19. The summed E-state index contributed by atoms with van der Waals surface area (Å²) >= 11 is 6.01. The number of sulfonamides is 1. The molecule has 0 bridgehead atoms. The number of carbonyl (C=O) groups excluding carboxylic acids is 1. The van der Waals surface area contributed by atoms with Gasteiger partial charge in [0.1, 0.15) is 5.69 Å². The molecule has 8 heteroatoms. The standard InChI is InChI=1S/C23H20ClN3O3S/c1-23(2,3)17-7-9-19(10-8-17)31(29,30)27-20-12-18(24)14-26-21(20)22(28)16-6-4-5-15(11-16)13-25/h4-12,14,27H,1-3H3. The van der Waals surface area contributed by atoms with Crippen LogP contribution >= 0.6 is 11.6 Å². The maximum Gasteiger partial charge on any atom is 0.261 e. The zero-order valence-electron chi connectivity index (χ0n) is 17.2. The van der Waals surface area contributed by atoms with Crippen LogP contribution in [0, 0.1) is 11.3 Å². The van der Waals surface area contributed by atoms with Crippen molar-refractivity contribution < 1.29 is 13.2 Å². The Morgan fingerprint density at radius 2 is 1.77 bits per heavy atom. The third-order valence-corrected chi connectivity index (χ3v) is 6.19. The number of halogens is 1. The van der Waals surface area contributed by atoms with E-state index in [1.54, 1.807) is 24.3 Å². The Morgan fingerprint density at radius 1 is 1.10 bits per heavy atom. The van der Waals surface area contributed by atoms with Gasteiger partial charge in [-0.05, 0) is 41.3 Å². The second-order valence-corrected chi connectivity index (χ2v) is 10.1. The van der Waals surface area contributed by atoms with E-state index in [0.29, 0.717) is 5.56 Å². The van der Waals surface area contributed by atoms with Crippen LogP contribution < -0.4 is 4.72 Å². The van der Waals surface area contributed by atoms with Crippen molar-refractivity contribution in [1.29, 1.82) is 5.26 Å². The Morgan fingerprint density at radius 3 is 2.39 bits per heavy atom. The highest BCUT2D eigenvalue weighted by Gasteiger charge is 2.22. The summed E-state index contributed by atoms with van der Waals surface area (Å²) in [6.45, 7) is 6.10. The van der Waals surface area contributed by atoms with E-state index in [2.05, 4.69) is 9.71 Å². The number of pyridine rings is 1. The first kappa shape index (κ1) is 22.5. The van der Waals surface area contributed by atoms with Gasteiger partial charge >= 0.3 is 0 Å². The molecule has 1 N–H and O–H groups in total. The fourth-order valence-electron chi connectivity index (χ4n) is 2.90. The maximum absolute atomic E-state index is 13.0. The number of anilines is 1. The summed E-state index contributed by atoms with van der Waals surface area (Å²) < 4.78 is 28.3. The van der Waals surface area contributed by atoms with Crippen molar-refractivity contribution in [1.82, 2.24) is 4.98 Å². The highest BCUT2D eigenvalue weighted by atomic mass is 35.5. The van der Waals surface area contributed by atoms with E-state index >= 15 is 0 Å². The second-order valence-electron chi connectivity index (χ2n) is 7.95. The molecule has 0 radical (unpaired) electrons. The average Bonchev–Trinajstić information content (AvgIpc) is 2.72. The van der Waals surface area contributed by atoms with Crippen LogP contribution in [-0.2, 0) is 15.4 Å². The quantitative estimate of drug-likeness (QED) is 0.551. The molecular formula is C23H20ClN3O3S. The van der Waals surface area contributed by atoms with Crippen molar-refractivity contribution in [2.45, 2.75) is 31.1 Å². The predicted octanol–water partition coefficient (Wildman–Crippen LogP) is 4.94. The number of benzene rings is 2. The first-order valence-corrected chi connectivity index (χ1v) is 11.2. The molecule has 2 aromatic carbocycles. The zero-order chi connectivity index (χ0) is 22.8. The fraction of sp³-hybridized carbons (Fsp3) is 0.174. The lowest BCUT2D eigenvalue weighted by atomic mass is 9.87. The summed E-state index contributed by atoms with van der Waals surface area (Å²) in [6.07, 6.45) is 1.26. The number of nitrogens with zero attached hydrogens (tertiary/aromatic N) is 2. The van der Waals surface area contributed by atoms with Gasteiger partial charge in [0.25, 0.3) is 10.0 Å². The van der Waals surface area contributed by atoms with Gasteiger partial charge in [0.05, 0.1) is 27.2 Å². The van der Waals surface area contributed by atoms with E-state index in [0.717, 1.165) is 5.56 Å². The summed E-state index contributed by atoms with van der Waals surface area (Å²) in [5.41, 5.74) is 1.23. The van der Waals surface area contributed by atoms with E-state index < -0.39 is 15.8 Å². The monoisotopic (exact) mass is 453 g/mol. The van der Waals surface area contributed by atoms with Crippen LogP contribution in [0.25, 0.3) is 0 Å². The number of rotatable bonds is 5. The molecule has 0 saturated carbocycles. The van der Waals surface area contributed by atoms with Gasteiger partial charge in [-0.1, -0.05) is 56.6 Å². The van der Waals surface area contributed by atoms with Gasteiger partial charge in [-0.3, -0.25) is 9.52 Å². The van der Waals surface area contributed by atoms with E-state index in [-0.39, 0.29) is 32.3 Å². The number of hydrogen-bond acceptors (Lipinski definition) is 5. The molecule has 31 heavy (non-hydrogen) atoms. The number of carbonyl (C=O) groups is 1. The van der Waals surface area contributed by atoms with E-state index in [4.69, 9.17) is 16.9 Å². The van der Waals surface area contributed by atoms with Gasteiger partial charge in [0.2, 0.25) is 5.78 Å². The number of nitriles is 1. The van der Waals surface area contributed by atoms with E-state index in [1.807, 2.05) is 26.8 Å². The smallest absolute Gasteiger partial charge is 0.261 e. The Bertz CT molecular complexity index is 1290. The zero-order valence-corrected chi connectivity index (χ0v) is 18.8. The van der Waals surface area contributed by atoms with Crippen molar-refractivity contribution >= 4 is 33.1 Å². The fourth-order valence-corrected chi connectivity index (χ4v) is 4.12. The van der Waals surface area contributed by atoms with Crippen molar-refractivity contribution in [3.8, 4) is 6.07 Å². The van der Waals surface area contributed by atoms with Gasteiger partial charge < -0.3 is 0 Å². The van der Waals surface area contributed by atoms with Crippen LogP contribution in [0.4, 0.5) is 5.69 Å². The normalized spacial score (nSPS) is 11.6. The molecule has 3 aromatic rings. The Labute approximate surface area is 186 Å². The minimum absolute atomic E-state index is 0.0419. The Hall–Kier alpha value is -3.21. The molecule has 6 nitrogen and oxygen atoms in total. The lowest BCUT2D eigenvalue weighted by Crippen LogP contribution is -2.17. The highest BCUT2D eigenvalue weighted by Crippen LogP contribution is 2.27. The molecule has 0 amide bonds. The summed E-state index contributed by atoms with van der Waals surface area (Å²) in [7, 11) is -4.00. The molecule has 0 aliphatic heterocycles. The number of hydrogen-bond donors (Lipinski definition) is 1. The van der Waals surface area contributed by atoms with Gasteiger partial charge in [-0.25, -0.2) is 13.4 Å².